The first-order valence-corrected chi connectivity index (χ1v) is 17.9. The van der Waals surface area contributed by atoms with E-state index in [9.17, 15) is 37.1 Å². The number of aromatic hydroxyl groups is 1. The number of hydrogen-bond acceptors (Lipinski definition) is 10. The summed E-state index contributed by atoms with van der Waals surface area (Å²) in [5.74, 6) is -2.55. The van der Waals surface area contributed by atoms with Crippen molar-refractivity contribution in [3.05, 3.63) is 92.1 Å². The normalized spacial score (nSPS) is 15.4. The summed E-state index contributed by atoms with van der Waals surface area (Å²) in [5.41, 5.74) is -0.600. The Kier molecular flexibility index (Phi) is 10.4. The Labute approximate surface area is 320 Å². The Bertz CT molecular complexity index is 2410. The summed E-state index contributed by atoms with van der Waals surface area (Å²) in [6.45, 7) is 4.15. The van der Waals surface area contributed by atoms with E-state index in [1.54, 1.807) is 17.9 Å². The van der Waals surface area contributed by atoms with Gasteiger partial charge in [0.25, 0.3) is 11.5 Å². The van der Waals surface area contributed by atoms with E-state index in [1.807, 2.05) is 4.90 Å². The number of carbonyl (C=O) groups is 2. The third-order valence-electron chi connectivity index (χ3n) is 9.72. The van der Waals surface area contributed by atoms with Crippen molar-refractivity contribution in [2.24, 2.45) is 0 Å². The zero-order chi connectivity index (χ0) is 40.1. The number of piperazine rings is 1. The van der Waals surface area contributed by atoms with Crippen molar-refractivity contribution in [3.63, 3.8) is 0 Å². The van der Waals surface area contributed by atoms with Gasteiger partial charge in [0.1, 0.15) is 30.5 Å². The van der Waals surface area contributed by atoms with Gasteiger partial charge in [-0.15, -0.1) is 5.10 Å². The number of hydrogen-bond donors (Lipinski definition) is 2. The second kappa shape index (κ2) is 15.1. The zero-order valence-corrected chi connectivity index (χ0v) is 30.7. The quantitative estimate of drug-likeness (QED) is 0.204. The van der Waals surface area contributed by atoms with E-state index in [-0.39, 0.29) is 96.4 Å². The van der Waals surface area contributed by atoms with Crippen molar-refractivity contribution in [2.45, 2.75) is 45.7 Å². The van der Waals surface area contributed by atoms with Crippen LogP contribution in [0.1, 0.15) is 39.9 Å². The van der Waals surface area contributed by atoms with Crippen LogP contribution in [0, 0.1) is 12.7 Å². The molecule has 7 rings (SSSR count). The van der Waals surface area contributed by atoms with E-state index in [1.165, 1.54) is 34.9 Å². The van der Waals surface area contributed by atoms with Crippen LogP contribution in [0.3, 0.4) is 0 Å². The third kappa shape index (κ3) is 7.47. The summed E-state index contributed by atoms with van der Waals surface area (Å²) < 4.78 is 71.1. The van der Waals surface area contributed by atoms with E-state index in [0.717, 1.165) is 16.6 Å². The zero-order valence-electron chi connectivity index (χ0n) is 29.9. The van der Waals surface area contributed by atoms with E-state index in [0.29, 0.717) is 23.9 Å². The summed E-state index contributed by atoms with van der Waals surface area (Å²) in [6.07, 6.45) is -4.22. The van der Waals surface area contributed by atoms with Gasteiger partial charge in [0, 0.05) is 45.8 Å². The van der Waals surface area contributed by atoms with Gasteiger partial charge in [-0.1, -0.05) is 24.6 Å². The van der Waals surface area contributed by atoms with Crippen LogP contribution >= 0.6 is 11.6 Å². The number of rotatable bonds is 9. The molecule has 0 unspecified atom stereocenters. The number of aromatic nitrogens is 6. The molecule has 3 aromatic heterocycles. The summed E-state index contributed by atoms with van der Waals surface area (Å²) in [4.78, 5) is 58.5. The van der Waals surface area contributed by atoms with Crippen molar-refractivity contribution in [1.29, 1.82) is 0 Å². The molecule has 0 atom stereocenters. The van der Waals surface area contributed by atoms with E-state index < -0.39 is 47.6 Å². The summed E-state index contributed by atoms with van der Waals surface area (Å²) in [6, 6.07) is 6.88. The average molecular weight is 801 g/mol. The molecule has 14 nitrogen and oxygen atoms in total. The van der Waals surface area contributed by atoms with Gasteiger partial charge in [0.05, 0.1) is 33.2 Å². The minimum Gasteiger partial charge on any atom is -0.504 e. The van der Waals surface area contributed by atoms with Crippen LogP contribution in [0.5, 0.6) is 5.75 Å². The first-order chi connectivity index (χ1) is 26.6. The molecular formula is C36H34ClF5N10O4. The molecule has 2 saturated heterocycles. The van der Waals surface area contributed by atoms with Crippen LogP contribution in [0.25, 0.3) is 17.2 Å². The molecule has 2 aromatic carbocycles. The number of nitrogens with zero attached hydrogens (tertiary/aromatic N) is 9. The number of halogens is 6. The van der Waals surface area contributed by atoms with Crippen LogP contribution in [-0.4, -0.2) is 101 Å². The Morgan fingerprint density at radius 2 is 1.79 bits per heavy atom. The number of fused-ring (bicyclic) bond motifs is 1. The summed E-state index contributed by atoms with van der Waals surface area (Å²) >= 11 is 6.12. The lowest BCUT2D eigenvalue weighted by molar-refractivity contribution is -0.137. The van der Waals surface area contributed by atoms with Crippen LogP contribution in [0.15, 0.2) is 47.5 Å². The number of carbonyl (C=O) groups excluding carboxylic acids is 2. The Morgan fingerprint density at radius 3 is 2.43 bits per heavy atom. The van der Waals surface area contributed by atoms with Gasteiger partial charge in [0.15, 0.2) is 17.3 Å². The Morgan fingerprint density at radius 1 is 1.05 bits per heavy atom. The lowest BCUT2D eigenvalue weighted by atomic mass is 10.1. The molecule has 5 heterocycles. The average Bonchev–Trinajstić information content (AvgIpc) is 3.59. The molecule has 294 valence electrons. The highest BCUT2D eigenvalue weighted by Crippen LogP contribution is 2.34. The van der Waals surface area contributed by atoms with Gasteiger partial charge >= 0.3 is 6.18 Å². The van der Waals surface area contributed by atoms with Gasteiger partial charge in [-0.2, -0.15) is 22.7 Å². The van der Waals surface area contributed by atoms with E-state index in [2.05, 4.69) is 25.4 Å². The molecule has 0 radical (unpaired) electrons. The first-order valence-electron chi connectivity index (χ1n) is 17.5. The molecule has 2 aliphatic rings. The van der Waals surface area contributed by atoms with Crippen LogP contribution < -0.4 is 15.8 Å². The fourth-order valence-electron chi connectivity index (χ4n) is 6.81. The maximum absolute atomic E-state index is 15.6. The van der Waals surface area contributed by atoms with E-state index in [4.69, 9.17) is 11.6 Å². The smallest absolute Gasteiger partial charge is 0.416 e. The van der Waals surface area contributed by atoms with Gasteiger partial charge < -0.3 is 24.8 Å². The number of anilines is 2. The van der Waals surface area contributed by atoms with Crippen molar-refractivity contribution in [2.75, 3.05) is 49.5 Å². The van der Waals surface area contributed by atoms with Gasteiger partial charge in [-0.3, -0.25) is 19.3 Å². The molecule has 2 aliphatic heterocycles. The van der Waals surface area contributed by atoms with Crippen LogP contribution in [0.2, 0.25) is 5.02 Å². The highest BCUT2D eigenvalue weighted by atomic mass is 35.5. The van der Waals surface area contributed by atoms with Gasteiger partial charge in [0.2, 0.25) is 11.7 Å². The highest BCUT2D eigenvalue weighted by molar-refractivity contribution is 6.33. The molecule has 2 amide bonds. The van der Waals surface area contributed by atoms with Crippen molar-refractivity contribution in [1.82, 2.24) is 38.9 Å². The van der Waals surface area contributed by atoms with Crippen molar-refractivity contribution >= 4 is 40.6 Å². The SMILES string of the molecule is CCc1c(N2CCN(C(=O)c3ncnc(C)c3O)CC2)c(=O)n2nc(-c3ccc(CN4CC(F)C4)cc3F)nc2n1CC(=O)Nc1ccc(C(F)(F)F)cc1Cl. The van der Waals surface area contributed by atoms with Crippen molar-refractivity contribution in [3.8, 4) is 17.1 Å². The first kappa shape index (κ1) is 38.6. The minimum absolute atomic E-state index is 0.0358. The van der Waals surface area contributed by atoms with Crippen LogP contribution in [0.4, 0.5) is 33.3 Å². The predicted molar refractivity (Wildman–Crippen MR) is 194 cm³/mol. The molecule has 0 bridgehead atoms. The van der Waals surface area contributed by atoms with Gasteiger partial charge in [-0.25, -0.2) is 18.7 Å². The largest absolute Gasteiger partial charge is 0.504 e. The van der Waals surface area contributed by atoms with Gasteiger partial charge in [-0.05, 0) is 49.2 Å². The number of amides is 2. The number of nitrogens with one attached hydrogen (secondary N) is 1. The molecule has 0 spiro atoms. The molecule has 56 heavy (non-hydrogen) atoms. The maximum atomic E-state index is 15.6. The fourth-order valence-corrected chi connectivity index (χ4v) is 7.04. The molecule has 2 N–H and O–H groups in total. The number of aryl methyl sites for hydroxylation is 1. The number of benzene rings is 2. The second-order valence-corrected chi connectivity index (χ2v) is 13.9. The molecule has 5 aromatic rings. The van der Waals surface area contributed by atoms with Crippen LogP contribution in [-0.2, 0) is 30.5 Å². The Hall–Kier alpha value is -5.69. The molecule has 0 aliphatic carbocycles. The standard InChI is InChI=1S/C36H34ClF5N10O4/c1-3-27-30(49-8-10-50(11-9-49)33(55)29-31(54)19(2)43-18-44-29)34(56)52-35(51(27)17-28(53)45-26-7-5-21(13-24(26)37)36(40,41)42)46-32(47-52)23-6-4-20(12-25(23)39)14-48-15-22(38)16-48/h4-7,12-13,18,22,54H,3,8-11,14-17H2,1-2H3,(H,45,53). The predicted octanol–water partition coefficient (Wildman–Crippen LogP) is 4.49. The Balaban J connectivity index is 1.24. The highest BCUT2D eigenvalue weighted by Gasteiger charge is 2.33. The lowest BCUT2D eigenvalue weighted by Crippen LogP contribution is -2.51. The molecule has 0 saturated carbocycles. The molecule has 20 heteroatoms. The lowest BCUT2D eigenvalue weighted by Gasteiger charge is -2.36. The number of likely N-dealkylation sites (tertiary alicyclic amines) is 1. The minimum atomic E-state index is -4.66. The number of alkyl halides is 4. The summed E-state index contributed by atoms with van der Waals surface area (Å²) in [5, 5.41) is 16.9. The maximum Gasteiger partial charge on any atom is 0.416 e. The third-order valence-corrected chi connectivity index (χ3v) is 10.0. The summed E-state index contributed by atoms with van der Waals surface area (Å²) in [7, 11) is 0. The molecular weight excluding hydrogens is 767 g/mol. The monoisotopic (exact) mass is 800 g/mol. The van der Waals surface area contributed by atoms with Crippen molar-refractivity contribution < 1.29 is 36.6 Å². The fraction of sp³-hybridized carbons (Fsp3) is 0.361. The molecule has 2 fully saturated rings. The second-order valence-electron chi connectivity index (χ2n) is 13.5. The topological polar surface area (TPSA) is 154 Å². The van der Waals surface area contributed by atoms with E-state index >= 15 is 4.39 Å².